The van der Waals surface area contributed by atoms with Gasteiger partial charge in [-0.15, -0.1) is 0 Å². The van der Waals surface area contributed by atoms with E-state index in [9.17, 15) is 0 Å². The number of aryl methyl sites for hydroxylation is 2. The molecule has 0 amide bonds. The van der Waals surface area contributed by atoms with Crippen molar-refractivity contribution in [2.45, 2.75) is 41.0 Å². The van der Waals surface area contributed by atoms with Gasteiger partial charge < -0.3 is 0 Å². The molecule has 0 saturated carbocycles. The highest BCUT2D eigenvalue weighted by atomic mass is 14.1. The molecule has 0 spiro atoms. The van der Waals surface area contributed by atoms with E-state index in [1.165, 1.54) is 28.7 Å². The van der Waals surface area contributed by atoms with Gasteiger partial charge in [0.05, 0.1) is 0 Å². The summed E-state index contributed by atoms with van der Waals surface area (Å²) < 4.78 is 0. The molecule has 0 aliphatic carbocycles. The molecule has 0 bridgehead atoms. The van der Waals surface area contributed by atoms with Crippen molar-refractivity contribution < 1.29 is 0 Å². The fraction of sp³-hybridized carbons (Fsp3) is 0.538. The van der Waals surface area contributed by atoms with Crippen LogP contribution in [0.1, 0.15) is 36.1 Å². The summed E-state index contributed by atoms with van der Waals surface area (Å²) in [5.41, 5.74) is 5.81. The molecule has 0 saturated heterocycles. The van der Waals surface area contributed by atoms with Crippen LogP contribution in [0.5, 0.6) is 0 Å². The first-order valence-electron chi connectivity index (χ1n) is 5.07. The predicted molar refractivity (Wildman–Crippen MR) is 59.2 cm³/mol. The second kappa shape index (κ2) is 3.95. The van der Waals surface area contributed by atoms with E-state index in [2.05, 4.69) is 46.8 Å². The second-order valence-corrected chi connectivity index (χ2v) is 4.46. The number of hydrogen-bond donors (Lipinski definition) is 0. The van der Waals surface area contributed by atoms with Gasteiger partial charge >= 0.3 is 0 Å². The first-order valence-corrected chi connectivity index (χ1v) is 5.07. The molecule has 0 radical (unpaired) electrons. The standard InChI is InChI=1S/C13H20/c1-9(2)6-13-8-10(3)7-11(4)12(13)5/h7-9H,6H2,1-5H3. The summed E-state index contributed by atoms with van der Waals surface area (Å²) in [6.07, 6.45) is 1.20. The minimum absolute atomic E-state index is 0.750. The van der Waals surface area contributed by atoms with E-state index >= 15 is 0 Å². The fourth-order valence-corrected chi connectivity index (χ4v) is 1.78. The smallest absolute Gasteiger partial charge is 0.0253 e. The quantitative estimate of drug-likeness (QED) is 0.642. The second-order valence-electron chi connectivity index (χ2n) is 4.46. The highest BCUT2D eigenvalue weighted by Gasteiger charge is 2.04. The Morgan fingerprint density at radius 3 is 2.23 bits per heavy atom. The number of rotatable bonds is 2. The molecule has 0 heteroatoms. The Balaban J connectivity index is 3.05. The van der Waals surface area contributed by atoms with E-state index < -0.39 is 0 Å². The molecule has 0 atom stereocenters. The van der Waals surface area contributed by atoms with Crippen molar-refractivity contribution in [2.24, 2.45) is 5.92 Å². The minimum Gasteiger partial charge on any atom is -0.0625 e. The molecule has 1 aromatic carbocycles. The van der Waals surface area contributed by atoms with Gasteiger partial charge in [0.25, 0.3) is 0 Å². The molecule has 0 aliphatic rings. The highest BCUT2D eigenvalue weighted by Crippen LogP contribution is 2.18. The highest BCUT2D eigenvalue weighted by molar-refractivity contribution is 5.37. The van der Waals surface area contributed by atoms with Crippen LogP contribution in [0.4, 0.5) is 0 Å². The Morgan fingerprint density at radius 1 is 1.08 bits per heavy atom. The number of hydrogen-bond acceptors (Lipinski definition) is 0. The zero-order valence-corrected chi connectivity index (χ0v) is 9.44. The Hall–Kier alpha value is -0.780. The monoisotopic (exact) mass is 176 g/mol. The third kappa shape index (κ3) is 2.58. The predicted octanol–water partition coefficient (Wildman–Crippen LogP) is 3.81. The lowest BCUT2D eigenvalue weighted by Gasteiger charge is -2.12. The molecular weight excluding hydrogens is 156 g/mol. The molecule has 13 heavy (non-hydrogen) atoms. The molecule has 0 aromatic heterocycles. The largest absolute Gasteiger partial charge is 0.0625 e. The van der Waals surface area contributed by atoms with Crippen molar-refractivity contribution in [3.63, 3.8) is 0 Å². The maximum absolute atomic E-state index is 2.32. The summed E-state index contributed by atoms with van der Waals surface area (Å²) in [7, 11) is 0. The van der Waals surface area contributed by atoms with Crippen LogP contribution >= 0.6 is 0 Å². The summed E-state index contributed by atoms with van der Waals surface area (Å²) >= 11 is 0. The van der Waals surface area contributed by atoms with Crippen LogP contribution < -0.4 is 0 Å². The van der Waals surface area contributed by atoms with Gasteiger partial charge in [-0.1, -0.05) is 31.5 Å². The van der Waals surface area contributed by atoms with Gasteiger partial charge in [-0.25, -0.2) is 0 Å². The summed E-state index contributed by atoms with van der Waals surface area (Å²) in [6, 6.07) is 4.58. The van der Waals surface area contributed by atoms with Crippen LogP contribution in [-0.4, -0.2) is 0 Å². The van der Waals surface area contributed by atoms with E-state index in [4.69, 9.17) is 0 Å². The lowest BCUT2D eigenvalue weighted by Crippen LogP contribution is -1.99. The molecule has 0 heterocycles. The van der Waals surface area contributed by atoms with Crippen LogP contribution in [0.2, 0.25) is 0 Å². The fourth-order valence-electron chi connectivity index (χ4n) is 1.78. The Kier molecular flexibility index (Phi) is 3.13. The van der Waals surface area contributed by atoms with Crippen LogP contribution in [-0.2, 0) is 6.42 Å². The van der Waals surface area contributed by atoms with Gasteiger partial charge in [-0.05, 0) is 49.8 Å². The van der Waals surface area contributed by atoms with Crippen LogP contribution in [0.15, 0.2) is 12.1 Å². The number of benzene rings is 1. The average Bonchev–Trinajstić information content (AvgIpc) is 1.98. The molecule has 0 fully saturated rings. The van der Waals surface area contributed by atoms with Gasteiger partial charge in [0.15, 0.2) is 0 Å². The van der Waals surface area contributed by atoms with Crippen molar-refractivity contribution in [3.05, 3.63) is 34.4 Å². The van der Waals surface area contributed by atoms with Gasteiger partial charge in [-0.3, -0.25) is 0 Å². The molecule has 0 aliphatic heterocycles. The lowest BCUT2D eigenvalue weighted by molar-refractivity contribution is 0.644. The zero-order chi connectivity index (χ0) is 10.0. The van der Waals surface area contributed by atoms with Crippen LogP contribution in [0, 0.1) is 26.7 Å². The summed E-state index contributed by atoms with van der Waals surface area (Å²) in [5.74, 6) is 0.750. The lowest BCUT2D eigenvalue weighted by atomic mass is 9.94. The SMILES string of the molecule is Cc1cc(C)c(C)c(CC(C)C)c1. The van der Waals surface area contributed by atoms with E-state index in [-0.39, 0.29) is 0 Å². The van der Waals surface area contributed by atoms with Crippen molar-refractivity contribution >= 4 is 0 Å². The topological polar surface area (TPSA) is 0 Å². The van der Waals surface area contributed by atoms with Crippen molar-refractivity contribution in [2.75, 3.05) is 0 Å². The van der Waals surface area contributed by atoms with E-state index in [0.717, 1.165) is 5.92 Å². The summed E-state index contributed by atoms with van der Waals surface area (Å²) in [5, 5.41) is 0. The van der Waals surface area contributed by atoms with Gasteiger partial charge in [-0.2, -0.15) is 0 Å². The zero-order valence-electron chi connectivity index (χ0n) is 9.44. The van der Waals surface area contributed by atoms with Crippen molar-refractivity contribution in [1.82, 2.24) is 0 Å². The molecule has 1 rings (SSSR count). The summed E-state index contributed by atoms with van der Waals surface area (Å²) in [4.78, 5) is 0. The molecular formula is C13H20. The van der Waals surface area contributed by atoms with Crippen LogP contribution in [0.25, 0.3) is 0 Å². The average molecular weight is 176 g/mol. The first kappa shape index (κ1) is 10.3. The Morgan fingerprint density at radius 2 is 1.69 bits per heavy atom. The van der Waals surface area contributed by atoms with Gasteiger partial charge in [0.1, 0.15) is 0 Å². The Bertz CT molecular complexity index is 295. The van der Waals surface area contributed by atoms with E-state index in [0.29, 0.717) is 0 Å². The molecule has 0 nitrogen and oxygen atoms in total. The maximum Gasteiger partial charge on any atom is -0.0253 e. The van der Waals surface area contributed by atoms with Gasteiger partial charge in [0, 0.05) is 0 Å². The Labute approximate surface area is 82.0 Å². The van der Waals surface area contributed by atoms with E-state index in [1.807, 2.05) is 0 Å². The third-order valence-electron chi connectivity index (χ3n) is 2.55. The van der Waals surface area contributed by atoms with Crippen molar-refractivity contribution in [1.29, 1.82) is 0 Å². The summed E-state index contributed by atoms with van der Waals surface area (Å²) in [6.45, 7) is 11.2. The maximum atomic E-state index is 2.32. The van der Waals surface area contributed by atoms with Crippen LogP contribution in [0.3, 0.4) is 0 Å². The van der Waals surface area contributed by atoms with E-state index in [1.54, 1.807) is 0 Å². The first-order chi connectivity index (χ1) is 6.00. The molecule has 0 N–H and O–H groups in total. The van der Waals surface area contributed by atoms with Gasteiger partial charge in [0.2, 0.25) is 0 Å². The minimum atomic E-state index is 0.750. The molecule has 1 aromatic rings. The normalized spacial score (nSPS) is 10.9. The third-order valence-corrected chi connectivity index (χ3v) is 2.55. The molecule has 72 valence electrons. The van der Waals surface area contributed by atoms with Crippen molar-refractivity contribution in [3.8, 4) is 0 Å². The molecule has 0 unspecified atom stereocenters.